The summed E-state index contributed by atoms with van der Waals surface area (Å²) >= 11 is 0. The number of amides is 2. The highest BCUT2D eigenvalue weighted by Gasteiger charge is 2.43. The van der Waals surface area contributed by atoms with Gasteiger partial charge in [-0.1, -0.05) is 13.8 Å². The van der Waals surface area contributed by atoms with Gasteiger partial charge in [-0.3, -0.25) is 14.5 Å². The first kappa shape index (κ1) is 15.5. The molecule has 6 heteroatoms. The zero-order chi connectivity index (χ0) is 15.6. The summed E-state index contributed by atoms with van der Waals surface area (Å²) < 4.78 is 0. The SMILES string of the molecule is CC(C)C1(O)CN(CC(=O)Nc2ccc(C(N)=O)cc2)C1. The Kier molecular flexibility index (Phi) is 4.29. The number of anilines is 1. The Labute approximate surface area is 123 Å². The van der Waals surface area contributed by atoms with Crippen molar-refractivity contribution < 1.29 is 14.7 Å². The molecule has 1 aliphatic heterocycles. The van der Waals surface area contributed by atoms with E-state index < -0.39 is 11.5 Å². The van der Waals surface area contributed by atoms with Gasteiger partial charge in [-0.05, 0) is 30.2 Å². The molecule has 0 atom stereocenters. The molecule has 2 rings (SSSR count). The third-order valence-electron chi connectivity index (χ3n) is 3.89. The molecule has 0 aromatic heterocycles. The van der Waals surface area contributed by atoms with Gasteiger partial charge in [0.25, 0.3) is 0 Å². The summed E-state index contributed by atoms with van der Waals surface area (Å²) in [5.41, 5.74) is 5.49. The van der Waals surface area contributed by atoms with E-state index in [4.69, 9.17) is 5.73 Å². The number of nitrogens with one attached hydrogen (secondary N) is 1. The summed E-state index contributed by atoms with van der Waals surface area (Å²) in [6.07, 6.45) is 0. The largest absolute Gasteiger partial charge is 0.387 e. The molecule has 1 saturated heterocycles. The number of hydrogen-bond donors (Lipinski definition) is 3. The lowest BCUT2D eigenvalue weighted by atomic mass is 9.83. The molecule has 1 aromatic rings. The van der Waals surface area contributed by atoms with Crippen molar-refractivity contribution in [3.8, 4) is 0 Å². The second kappa shape index (κ2) is 5.83. The summed E-state index contributed by atoms with van der Waals surface area (Å²) in [5, 5.41) is 12.9. The molecule has 0 radical (unpaired) electrons. The fourth-order valence-corrected chi connectivity index (χ4v) is 2.33. The van der Waals surface area contributed by atoms with Gasteiger partial charge in [0.15, 0.2) is 0 Å². The topological polar surface area (TPSA) is 95.7 Å². The Morgan fingerprint density at radius 3 is 2.38 bits per heavy atom. The van der Waals surface area contributed by atoms with Crippen LogP contribution in [0, 0.1) is 5.92 Å². The lowest BCUT2D eigenvalue weighted by molar-refractivity contribution is -0.139. The van der Waals surface area contributed by atoms with E-state index in [9.17, 15) is 14.7 Å². The molecule has 21 heavy (non-hydrogen) atoms. The van der Waals surface area contributed by atoms with E-state index in [0.717, 1.165) is 0 Å². The van der Waals surface area contributed by atoms with Crippen molar-refractivity contribution in [1.82, 2.24) is 4.90 Å². The highest BCUT2D eigenvalue weighted by molar-refractivity contribution is 5.95. The minimum Gasteiger partial charge on any atom is -0.387 e. The molecular weight excluding hydrogens is 270 g/mol. The number of aliphatic hydroxyl groups is 1. The molecule has 2 amide bonds. The highest BCUT2D eigenvalue weighted by Crippen LogP contribution is 2.28. The number of nitrogens with zero attached hydrogens (tertiary/aromatic N) is 1. The molecule has 4 N–H and O–H groups in total. The lowest BCUT2D eigenvalue weighted by Crippen LogP contribution is -2.65. The lowest BCUT2D eigenvalue weighted by Gasteiger charge is -2.48. The number of rotatable bonds is 5. The molecule has 6 nitrogen and oxygen atoms in total. The van der Waals surface area contributed by atoms with E-state index in [-0.39, 0.29) is 18.4 Å². The molecule has 1 aromatic carbocycles. The van der Waals surface area contributed by atoms with Crippen LogP contribution in [0.25, 0.3) is 0 Å². The second-order valence-electron chi connectivity index (χ2n) is 5.89. The number of carbonyl (C=O) groups excluding carboxylic acids is 2. The first-order valence-electron chi connectivity index (χ1n) is 6.94. The van der Waals surface area contributed by atoms with Gasteiger partial charge in [0.05, 0.1) is 12.1 Å². The molecule has 0 saturated carbocycles. The van der Waals surface area contributed by atoms with Crippen LogP contribution in [0.3, 0.4) is 0 Å². The summed E-state index contributed by atoms with van der Waals surface area (Å²) in [6, 6.07) is 6.41. The molecule has 0 spiro atoms. The van der Waals surface area contributed by atoms with Crippen LogP contribution in [-0.4, -0.2) is 47.1 Å². The van der Waals surface area contributed by atoms with Crippen molar-refractivity contribution in [2.75, 3.05) is 25.0 Å². The van der Waals surface area contributed by atoms with E-state index in [2.05, 4.69) is 5.32 Å². The molecule has 0 unspecified atom stereocenters. The van der Waals surface area contributed by atoms with E-state index in [1.807, 2.05) is 18.7 Å². The zero-order valence-corrected chi connectivity index (χ0v) is 12.3. The molecule has 114 valence electrons. The van der Waals surface area contributed by atoms with Crippen molar-refractivity contribution in [2.45, 2.75) is 19.4 Å². The molecule has 1 fully saturated rings. The van der Waals surface area contributed by atoms with Crippen LogP contribution in [0.5, 0.6) is 0 Å². The maximum atomic E-state index is 11.9. The van der Waals surface area contributed by atoms with Gasteiger partial charge in [0.1, 0.15) is 0 Å². The summed E-state index contributed by atoms with van der Waals surface area (Å²) in [4.78, 5) is 24.7. The van der Waals surface area contributed by atoms with Crippen molar-refractivity contribution in [2.24, 2.45) is 11.7 Å². The van der Waals surface area contributed by atoms with Gasteiger partial charge in [0.2, 0.25) is 11.8 Å². The van der Waals surface area contributed by atoms with E-state index in [1.165, 1.54) is 0 Å². The van der Waals surface area contributed by atoms with Crippen LogP contribution >= 0.6 is 0 Å². The van der Waals surface area contributed by atoms with E-state index >= 15 is 0 Å². The van der Waals surface area contributed by atoms with Crippen LogP contribution in [0.15, 0.2) is 24.3 Å². The number of hydrogen-bond acceptors (Lipinski definition) is 4. The smallest absolute Gasteiger partial charge is 0.248 e. The van der Waals surface area contributed by atoms with Gasteiger partial charge in [0, 0.05) is 24.3 Å². The molecular formula is C15H21N3O3. The monoisotopic (exact) mass is 291 g/mol. The fourth-order valence-electron chi connectivity index (χ4n) is 2.33. The second-order valence-corrected chi connectivity index (χ2v) is 5.89. The third-order valence-corrected chi connectivity index (χ3v) is 3.89. The Morgan fingerprint density at radius 2 is 1.90 bits per heavy atom. The van der Waals surface area contributed by atoms with Gasteiger partial charge < -0.3 is 16.2 Å². The summed E-state index contributed by atoms with van der Waals surface area (Å²) in [5.74, 6) is -0.466. The van der Waals surface area contributed by atoms with Crippen LogP contribution in [0.1, 0.15) is 24.2 Å². The first-order chi connectivity index (χ1) is 9.80. The Bertz CT molecular complexity index is 534. The van der Waals surface area contributed by atoms with Crippen molar-refractivity contribution >= 4 is 17.5 Å². The summed E-state index contributed by atoms with van der Waals surface area (Å²) in [6.45, 7) is 5.21. The van der Waals surface area contributed by atoms with Crippen molar-refractivity contribution in [3.63, 3.8) is 0 Å². The first-order valence-corrected chi connectivity index (χ1v) is 6.94. The maximum Gasteiger partial charge on any atom is 0.248 e. The number of likely N-dealkylation sites (tertiary alicyclic amines) is 1. The van der Waals surface area contributed by atoms with E-state index in [1.54, 1.807) is 24.3 Å². The van der Waals surface area contributed by atoms with Gasteiger partial charge >= 0.3 is 0 Å². The fraction of sp³-hybridized carbons (Fsp3) is 0.467. The van der Waals surface area contributed by atoms with Gasteiger partial charge in [-0.15, -0.1) is 0 Å². The number of benzene rings is 1. The van der Waals surface area contributed by atoms with Crippen molar-refractivity contribution in [3.05, 3.63) is 29.8 Å². The van der Waals surface area contributed by atoms with Crippen LogP contribution in [0.2, 0.25) is 0 Å². The Hall–Kier alpha value is -1.92. The average Bonchev–Trinajstić information content (AvgIpc) is 2.37. The van der Waals surface area contributed by atoms with Crippen molar-refractivity contribution in [1.29, 1.82) is 0 Å². The Balaban J connectivity index is 1.82. The number of β-amino-alcohol motifs (C(OH)–C–C–N with tert-alkyl or cyclic N) is 1. The van der Waals surface area contributed by atoms with Crippen LogP contribution < -0.4 is 11.1 Å². The summed E-state index contributed by atoms with van der Waals surface area (Å²) in [7, 11) is 0. The molecule has 0 aliphatic carbocycles. The number of nitrogens with two attached hydrogens (primary N) is 1. The quantitative estimate of drug-likeness (QED) is 0.733. The normalized spacial score (nSPS) is 17.3. The number of carbonyl (C=O) groups is 2. The molecule has 1 heterocycles. The third kappa shape index (κ3) is 3.59. The minimum absolute atomic E-state index is 0.146. The molecule has 0 bridgehead atoms. The van der Waals surface area contributed by atoms with Gasteiger partial charge in [-0.2, -0.15) is 0 Å². The standard InChI is InChI=1S/C15H21N3O3/c1-10(2)15(21)8-18(9-15)7-13(19)17-12-5-3-11(4-6-12)14(16)20/h3-6,10,21H,7-9H2,1-2H3,(H2,16,20)(H,17,19). The van der Waals surface area contributed by atoms with Crippen LogP contribution in [-0.2, 0) is 4.79 Å². The predicted octanol–water partition coefficient (Wildman–Crippen LogP) is 0.427. The minimum atomic E-state index is -0.677. The van der Waals surface area contributed by atoms with Crippen LogP contribution in [0.4, 0.5) is 5.69 Å². The predicted molar refractivity (Wildman–Crippen MR) is 79.8 cm³/mol. The van der Waals surface area contributed by atoms with E-state index in [0.29, 0.717) is 24.3 Å². The van der Waals surface area contributed by atoms with Gasteiger partial charge in [-0.25, -0.2) is 0 Å². The molecule has 1 aliphatic rings. The zero-order valence-electron chi connectivity index (χ0n) is 12.3. The average molecular weight is 291 g/mol. The highest BCUT2D eigenvalue weighted by atomic mass is 16.3. The number of primary amides is 1. The maximum absolute atomic E-state index is 11.9. The Morgan fingerprint density at radius 1 is 1.33 bits per heavy atom.